The number of nitrogens with zero attached hydrogens (tertiary/aromatic N) is 3. The molecule has 7 nitrogen and oxygen atoms in total. The Balaban J connectivity index is 1.44. The molecule has 1 amide bonds. The number of hydrogen-bond acceptors (Lipinski definition) is 6. The molecule has 2 atom stereocenters. The van der Waals surface area contributed by atoms with Crippen LogP contribution in [0.1, 0.15) is 48.1 Å². The van der Waals surface area contributed by atoms with Gasteiger partial charge in [-0.3, -0.25) is 14.8 Å². The van der Waals surface area contributed by atoms with Crippen LogP contribution >= 0.6 is 0 Å². The van der Waals surface area contributed by atoms with E-state index >= 15 is 0 Å². The molecule has 1 saturated heterocycles. The molecule has 4 heterocycles. The van der Waals surface area contributed by atoms with Gasteiger partial charge in [0.05, 0.1) is 36.2 Å². The second-order valence-electron chi connectivity index (χ2n) is 10.8. The van der Waals surface area contributed by atoms with E-state index in [9.17, 15) is 18.7 Å². The summed E-state index contributed by atoms with van der Waals surface area (Å²) in [6.45, 7) is 8.30. The fraction of sp³-hybridized carbons (Fsp3) is 0.414. The first kappa shape index (κ1) is 26.2. The minimum absolute atomic E-state index is 0.00436. The summed E-state index contributed by atoms with van der Waals surface area (Å²) >= 11 is 0. The number of carbonyl (C=O) groups excluding carboxylic acids is 1. The van der Waals surface area contributed by atoms with Gasteiger partial charge >= 0.3 is 0 Å². The van der Waals surface area contributed by atoms with E-state index in [-0.39, 0.29) is 17.5 Å². The fourth-order valence-electron chi connectivity index (χ4n) is 5.38. The van der Waals surface area contributed by atoms with Crippen LogP contribution in [0, 0.1) is 12.8 Å². The number of hydrogen-bond donors (Lipinski definition) is 2. The van der Waals surface area contributed by atoms with Gasteiger partial charge in [0.1, 0.15) is 5.69 Å². The molecule has 9 heteroatoms. The number of alkyl halides is 2. The molecule has 0 radical (unpaired) electrons. The molecular weight excluding hydrogens is 490 g/mol. The van der Waals surface area contributed by atoms with Crippen molar-refractivity contribution in [2.75, 3.05) is 30.0 Å². The Hall–Kier alpha value is -3.43. The number of nitrogens with one attached hydrogen (secondary N) is 1. The first-order valence-corrected chi connectivity index (χ1v) is 12.7. The van der Waals surface area contributed by atoms with E-state index in [0.29, 0.717) is 25.3 Å². The van der Waals surface area contributed by atoms with Gasteiger partial charge in [0.25, 0.3) is 11.8 Å². The Labute approximate surface area is 220 Å². The van der Waals surface area contributed by atoms with E-state index < -0.39 is 23.1 Å². The number of carbonyl (C=O) groups is 1. The van der Waals surface area contributed by atoms with Gasteiger partial charge in [-0.2, -0.15) is 8.78 Å². The molecule has 5 rings (SSSR count). The third-order valence-electron chi connectivity index (χ3n) is 7.49. The summed E-state index contributed by atoms with van der Waals surface area (Å²) in [4.78, 5) is 23.6. The van der Waals surface area contributed by atoms with Crippen molar-refractivity contribution >= 4 is 17.3 Å². The normalized spacial score (nSPS) is 19.5. The highest BCUT2D eigenvalue weighted by Crippen LogP contribution is 2.41. The van der Waals surface area contributed by atoms with Gasteiger partial charge in [-0.15, -0.1) is 0 Å². The van der Waals surface area contributed by atoms with Crippen molar-refractivity contribution in [3.05, 3.63) is 71.3 Å². The van der Waals surface area contributed by atoms with E-state index in [4.69, 9.17) is 9.72 Å². The van der Waals surface area contributed by atoms with Gasteiger partial charge < -0.3 is 20.1 Å². The van der Waals surface area contributed by atoms with Crippen LogP contribution in [0.4, 0.5) is 20.2 Å². The number of anilines is 2. The van der Waals surface area contributed by atoms with Crippen molar-refractivity contribution in [2.45, 2.75) is 51.7 Å². The van der Waals surface area contributed by atoms with Crippen LogP contribution in [0.25, 0.3) is 11.1 Å². The highest BCUT2D eigenvalue weighted by molar-refractivity contribution is 6.04. The van der Waals surface area contributed by atoms with Crippen molar-refractivity contribution in [3.8, 4) is 11.1 Å². The molecule has 200 valence electrons. The second kappa shape index (κ2) is 9.71. The number of rotatable bonds is 5. The predicted molar refractivity (Wildman–Crippen MR) is 142 cm³/mol. The maximum Gasteiger partial charge on any atom is 0.286 e. The van der Waals surface area contributed by atoms with Gasteiger partial charge in [-0.1, -0.05) is 6.07 Å². The minimum Gasteiger partial charge on any atom is -0.390 e. The average Bonchev–Trinajstić information content (AvgIpc) is 2.88. The number of ether oxygens (including phenoxy) is 1. The summed E-state index contributed by atoms with van der Waals surface area (Å²) in [6, 6.07) is 10.3. The topological polar surface area (TPSA) is 87.6 Å². The highest BCUT2D eigenvalue weighted by atomic mass is 19.3. The minimum atomic E-state index is -3.14. The number of fused-ring (bicyclic) bond motifs is 3. The SMILES string of the molecule is Cc1ccc(NC(=O)c2ccnc(C(C)(F)F)c2)cc1-c1cnc2c(c1)N1CCOC[C@@H]1[C@@H](C(C)(C)O)C2. The zero-order valence-corrected chi connectivity index (χ0v) is 22.0. The van der Waals surface area contributed by atoms with E-state index in [1.165, 1.54) is 12.3 Å². The maximum atomic E-state index is 13.7. The monoisotopic (exact) mass is 522 g/mol. The van der Waals surface area contributed by atoms with Crippen LogP contribution in [-0.4, -0.2) is 52.4 Å². The van der Waals surface area contributed by atoms with Crippen LogP contribution in [0.3, 0.4) is 0 Å². The van der Waals surface area contributed by atoms with Crippen molar-refractivity contribution in [1.82, 2.24) is 9.97 Å². The second-order valence-corrected chi connectivity index (χ2v) is 10.8. The Morgan fingerprint density at radius 3 is 2.68 bits per heavy atom. The predicted octanol–water partition coefficient (Wildman–Crippen LogP) is 4.96. The van der Waals surface area contributed by atoms with Crippen LogP contribution in [0.5, 0.6) is 0 Å². The Morgan fingerprint density at radius 1 is 1.16 bits per heavy atom. The molecule has 3 aromatic rings. The summed E-state index contributed by atoms with van der Waals surface area (Å²) in [5, 5.41) is 13.6. The largest absolute Gasteiger partial charge is 0.390 e. The number of morpholine rings is 1. The van der Waals surface area contributed by atoms with Gasteiger partial charge in [-0.25, -0.2) is 0 Å². The van der Waals surface area contributed by atoms with Gasteiger partial charge in [0, 0.05) is 48.6 Å². The molecule has 2 N–H and O–H groups in total. The molecule has 2 aromatic heterocycles. The van der Waals surface area contributed by atoms with Crippen molar-refractivity contribution in [1.29, 1.82) is 0 Å². The van der Waals surface area contributed by atoms with E-state index in [1.807, 2.05) is 39.1 Å². The summed E-state index contributed by atoms with van der Waals surface area (Å²) < 4.78 is 33.2. The van der Waals surface area contributed by atoms with E-state index in [1.54, 1.807) is 6.07 Å². The van der Waals surface area contributed by atoms with Crippen LogP contribution < -0.4 is 10.2 Å². The standard InChI is InChI=1S/C29H32F2N4O3/c1-17-5-6-20(34-27(36)18-7-8-32-26(12-18)29(4,30)31)13-21(17)19-11-24-23(33-15-19)14-22(28(2,3)37)25-16-38-10-9-35(24)25/h5-8,11-13,15,22,25,37H,9-10,14,16H2,1-4H3,(H,34,36)/t22-,25+/m0/s1. The Bertz CT molecular complexity index is 1370. The van der Waals surface area contributed by atoms with Crippen LogP contribution in [0.15, 0.2) is 48.8 Å². The first-order valence-electron chi connectivity index (χ1n) is 12.7. The molecule has 2 aliphatic rings. The van der Waals surface area contributed by atoms with Crippen molar-refractivity contribution in [2.24, 2.45) is 5.92 Å². The highest BCUT2D eigenvalue weighted by Gasteiger charge is 2.43. The molecule has 38 heavy (non-hydrogen) atoms. The number of pyridine rings is 2. The quantitative estimate of drug-likeness (QED) is 0.492. The lowest BCUT2D eigenvalue weighted by Gasteiger charge is -2.49. The van der Waals surface area contributed by atoms with Crippen LogP contribution in [0.2, 0.25) is 0 Å². The molecule has 0 bridgehead atoms. The molecular formula is C29H32F2N4O3. The number of amides is 1. The lowest BCUT2D eigenvalue weighted by molar-refractivity contribution is -0.0275. The Morgan fingerprint density at radius 2 is 1.95 bits per heavy atom. The Kier molecular flexibility index (Phi) is 6.69. The van der Waals surface area contributed by atoms with E-state index in [0.717, 1.165) is 47.6 Å². The van der Waals surface area contributed by atoms with Gasteiger partial charge in [-0.05, 0) is 68.7 Å². The average molecular weight is 523 g/mol. The zero-order valence-electron chi connectivity index (χ0n) is 22.0. The van der Waals surface area contributed by atoms with Crippen LogP contribution in [-0.2, 0) is 17.1 Å². The molecule has 1 fully saturated rings. The lowest BCUT2D eigenvalue weighted by Crippen LogP contribution is -2.58. The summed E-state index contributed by atoms with van der Waals surface area (Å²) in [5.74, 6) is -3.64. The molecule has 1 aromatic carbocycles. The van der Waals surface area contributed by atoms with Crippen molar-refractivity contribution in [3.63, 3.8) is 0 Å². The first-order chi connectivity index (χ1) is 17.9. The summed E-state index contributed by atoms with van der Waals surface area (Å²) in [6.07, 6.45) is 3.69. The number of aliphatic hydroxyl groups is 1. The molecule has 2 aliphatic heterocycles. The number of halogens is 2. The number of aryl methyl sites for hydroxylation is 1. The zero-order chi connectivity index (χ0) is 27.2. The smallest absolute Gasteiger partial charge is 0.286 e. The summed E-state index contributed by atoms with van der Waals surface area (Å²) in [5.41, 5.74) is 4.12. The molecule has 0 saturated carbocycles. The van der Waals surface area contributed by atoms with Gasteiger partial charge in [0.2, 0.25) is 0 Å². The number of benzene rings is 1. The lowest BCUT2D eigenvalue weighted by atomic mass is 9.77. The third-order valence-corrected chi connectivity index (χ3v) is 7.49. The number of aromatic nitrogens is 2. The fourth-order valence-corrected chi connectivity index (χ4v) is 5.38. The molecule has 0 aliphatic carbocycles. The summed E-state index contributed by atoms with van der Waals surface area (Å²) in [7, 11) is 0. The maximum absolute atomic E-state index is 13.7. The van der Waals surface area contributed by atoms with Crippen molar-refractivity contribution < 1.29 is 23.4 Å². The van der Waals surface area contributed by atoms with E-state index in [2.05, 4.69) is 21.3 Å². The molecule has 0 spiro atoms. The molecule has 0 unspecified atom stereocenters. The third kappa shape index (κ3) is 5.13. The van der Waals surface area contributed by atoms with Gasteiger partial charge in [0.15, 0.2) is 0 Å².